The summed E-state index contributed by atoms with van der Waals surface area (Å²) >= 11 is 0. The first-order chi connectivity index (χ1) is 19.3. The monoisotopic (exact) mass is 534 g/mol. The van der Waals surface area contributed by atoms with Gasteiger partial charge in [-0.15, -0.1) is 0 Å². The van der Waals surface area contributed by atoms with E-state index in [1.54, 1.807) is 61.1 Å². The summed E-state index contributed by atoms with van der Waals surface area (Å²) in [6.07, 6.45) is 5.54. The first-order valence-corrected chi connectivity index (χ1v) is 12.7. The Morgan fingerprint density at radius 2 is 1.90 bits per heavy atom. The first kappa shape index (κ1) is 26.5. The number of benzene rings is 2. The van der Waals surface area contributed by atoms with Crippen molar-refractivity contribution in [1.82, 2.24) is 9.97 Å². The van der Waals surface area contributed by atoms with Gasteiger partial charge in [-0.05, 0) is 68.8 Å². The third kappa shape index (κ3) is 4.87. The minimum atomic E-state index is -0.384. The van der Waals surface area contributed by atoms with Crippen molar-refractivity contribution in [2.75, 3.05) is 5.32 Å². The maximum Gasteiger partial charge on any atom is 0.201 e. The summed E-state index contributed by atoms with van der Waals surface area (Å²) < 4.78 is 21.1. The quantitative estimate of drug-likeness (QED) is 0.147. The van der Waals surface area contributed by atoms with Crippen LogP contribution in [0.1, 0.15) is 36.6 Å². The van der Waals surface area contributed by atoms with Gasteiger partial charge in [-0.25, -0.2) is 4.39 Å². The summed E-state index contributed by atoms with van der Waals surface area (Å²) in [4.78, 5) is 22.6. The summed E-state index contributed by atoms with van der Waals surface area (Å²) in [5, 5.41) is 21.9. The number of hydrogen-bond acceptors (Lipinski definition) is 7. The molecule has 3 heterocycles. The molecule has 0 radical (unpaired) electrons. The van der Waals surface area contributed by atoms with Crippen molar-refractivity contribution in [3.8, 4) is 22.6 Å². The van der Waals surface area contributed by atoms with Gasteiger partial charge in [-0.3, -0.25) is 14.8 Å². The zero-order valence-electron chi connectivity index (χ0n) is 22.2. The Morgan fingerprint density at radius 1 is 1.12 bits per heavy atom. The van der Waals surface area contributed by atoms with Crippen LogP contribution in [0.5, 0.6) is 0 Å². The molecule has 3 N–H and O–H groups in total. The van der Waals surface area contributed by atoms with E-state index >= 15 is 0 Å². The highest BCUT2D eigenvalue weighted by molar-refractivity contribution is 6.22. The molecule has 0 aliphatic carbocycles. The second-order valence-electron chi connectivity index (χ2n) is 9.52. The van der Waals surface area contributed by atoms with Gasteiger partial charge in [0.15, 0.2) is 0 Å². The number of fused-ring (bicyclic) bond motifs is 1. The average Bonchev–Trinajstić information content (AvgIpc) is 2.95. The molecule has 7 nitrogen and oxygen atoms in total. The standard InChI is InChI=1S/C32H27FN4O3/c1-18-14-23(20(3)37-27-11-7-13-36-29(27)22-9-4-5-10-26(22)33)32-24(15-18)30(39)28(25(17-38)19(2)34)31(40-32)21-8-6-12-35-16-21/h4-17,20,34,37-38H,1-3H3/b25-17+,34-19?/t20-/m1/s1. The van der Waals surface area contributed by atoms with Crippen molar-refractivity contribution in [3.05, 3.63) is 118 Å². The highest BCUT2D eigenvalue weighted by Gasteiger charge is 2.24. The van der Waals surface area contributed by atoms with Crippen molar-refractivity contribution in [2.45, 2.75) is 26.8 Å². The van der Waals surface area contributed by atoms with E-state index < -0.39 is 0 Å². The van der Waals surface area contributed by atoms with Crippen LogP contribution in [-0.2, 0) is 0 Å². The number of allylic oxidation sites excluding steroid dienone is 1. The lowest BCUT2D eigenvalue weighted by Gasteiger charge is -2.21. The molecule has 5 rings (SSSR count). The van der Waals surface area contributed by atoms with Crippen molar-refractivity contribution in [3.63, 3.8) is 0 Å². The van der Waals surface area contributed by atoms with Gasteiger partial charge in [0, 0.05) is 46.6 Å². The Bertz CT molecular complexity index is 1830. The van der Waals surface area contributed by atoms with E-state index in [0.29, 0.717) is 39.0 Å². The molecule has 3 aromatic heterocycles. The molecule has 0 fully saturated rings. The third-order valence-electron chi connectivity index (χ3n) is 6.67. The largest absolute Gasteiger partial charge is 0.515 e. The Kier molecular flexibility index (Phi) is 7.25. The van der Waals surface area contributed by atoms with Gasteiger partial charge in [-0.2, -0.15) is 0 Å². The fourth-order valence-corrected chi connectivity index (χ4v) is 4.79. The molecular formula is C32H27FN4O3. The number of aryl methyl sites for hydroxylation is 1. The number of halogens is 1. The SMILES string of the molecule is CC(=N)/C(=C\O)c1c(-c2cccnc2)oc2c([C@@H](C)Nc3cccnc3-c3ccccc3F)cc(C)cc2c1=O. The van der Waals surface area contributed by atoms with Crippen molar-refractivity contribution in [2.24, 2.45) is 0 Å². The van der Waals surface area contributed by atoms with Crippen LogP contribution in [0, 0.1) is 18.2 Å². The Labute approximate surface area is 230 Å². The first-order valence-electron chi connectivity index (χ1n) is 12.7. The molecule has 2 aromatic carbocycles. The molecule has 0 aliphatic rings. The van der Waals surface area contributed by atoms with Crippen molar-refractivity contribution >= 4 is 27.9 Å². The fourth-order valence-electron chi connectivity index (χ4n) is 4.79. The van der Waals surface area contributed by atoms with Crippen LogP contribution in [0.4, 0.5) is 10.1 Å². The van der Waals surface area contributed by atoms with E-state index in [-0.39, 0.29) is 39.9 Å². The molecule has 200 valence electrons. The predicted octanol–water partition coefficient (Wildman–Crippen LogP) is 7.48. The molecular weight excluding hydrogens is 507 g/mol. The highest BCUT2D eigenvalue weighted by atomic mass is 19.1. The lowest BCUT2D eigenvalue weighted by Crippen LogP contribution is -2.16. The van der Waals surface area contributed by atoms with Gasteiger partial charge in [0.05, 0.1) is 34.6 Å². The minimum Gasteiger partial charge on any atom is -0.515 e. The van der Waals surface area contributed by atoms with Crippen LogP contribution in [0.15, 0.2) is 94.7 Å². The Morgan fingerprint density at radius 3 is 2.60 bits per heavy atom. The number of anilines is 1. The second kappa shape index (κ2) is 10.9. The van der Waals surface area contributed by atoms with Crippen molar-refractivity contribution in [1.29, 1.82) is 5.41 Å². The average molecular weight is 535 g/mol. The molecule has 5 aromatic rings. The molecule has 0 saturated heterocycles. The van der Waals surface area contributed by atoms with Crippen LogP contribution in [0.2, 0.25) is 0 Å². The summed E-state index contributed by atoms with van der Waals surface area (Å²) in [7, 11) is 0. The molecule has 8 heteroatoms. The molecule has 0 aliphatic heterocycles. The van der Waals surface area contributed by atoms with Gasteiger partial charge < -0.3 is 20.2 Å². The van der Waals surface area contributed by atoms with E-state index in [0.717, 1.165) is 11.8 Å². The van der Waals surface area contributed by atoms with E-state index in [2.05, 4.69) is 15.3 Å². The molecule has 0 bridgehead atoms. The smallest absolute Gasteiger partial charge is 0.201 e. The van der Waals surface area contributed by atoms with Gasteiger partial charge in [0.1, 0.15) is 17.2 Å². The van der Waals surface area contributed by atoms with Gasteiger partial charge in [0.25, 0.3) is 0 Å². The van der Waals surface area contributed by atoms with E-state index in [1.165, 1.54) is 13.0 Å². The zero-order valence-corrected chi connectivity index (χ0v) is 22.2. The number of nitrogens with zero attached hydrogens (tertiary/aromatic N) is 2. The minimum absolute atomic E-state index is 0.0134. The van der Waals surface area contributed by atoms with E-state index in [9.17, 15) is 14.3 Å². The molecule has 1 atom stereocenters. The van der Waals surface area contributed by atoms with Crippen LogP contribution in [0.3, 0.4) is 0 Å². The highest BCUT2D eigenvalue weighted by Crippen LogP contribution is 2.36. The second-order valence-corrected chi connectivity index (χ2v) is 9.52. The number of pyridine rings is 2. The lowest BCUT2D eigenvalue weighted by molar-refractivity contribution is 0.476. The molecule has 0 saturated carbocycles. The molecule has 0 amide bonds. The maximum atomic E-state index is 14.7. The van der Waals surface area contributed by atoms with E-state index in [4.69, 9.17) is 9.83 Å². The third-order valence-corrected chi connectivity index (χ3v) is 6.67. The van der Waals surface area contributed by atoms with Crippen LogP contribution >= 0.6 is 0 Å². The van der Waals surface area contributed by atoms with Crippen LogP contribution < -0.4 is 10.7 Å². The summed E-state index contributed by atoms with van der Waals surface area (Å²) in [5.41, 5.74) is 3.64. The Hall–Kier alpha value is -5.11. The van der Waals surface area contributed by atoms with Crippen molar-refractivity contribution < 1.29 is 13.9 Å². The summed E-state index contributed by atoms with van der Waals surface area (Å²) in [6, 6.07) is 16.8. The number of aromatic nitrogens is 2. The maximum absolute atomic E-state index is 14.7. The van der Waals surface area contributed by atoms with Gasteiger partial charge in [-0.1, -0.05) is 18.2 Å². The van der Waals surface area contributed by atoms with E-state index in [1.807, 2.05) is 26.0 Å². The number of rotatable bonds is 7. The molecule has 40 heavy (non-hydrogen) atoms. The summed E-state index contributed by atoms with van der Waals surface area (Å²) in [6.45, 7) is 5.29. The normalized spacial score (nSPS) is 12.3. The topological polar surface area (TPSA) is 112 Å². The van der Waals surface area contributed by atoms with Crippen LogP contribution in [0.25, 0.3) is 39.1 Å². The molecule has 0 unspecified atom stereocenters. The number of aliphatic hydroxyl groups excluding tert-OH is 1. The zero-order chi connectivity index (χ0) is 28.4. The predicted molar refractivity (Wildman–Crippen MR) is 156 cm³/mol. The fraction of sp³-hybridized carbons (Fsp3) is 0.125. The Balaban J connectivity index is 1.72. The van der Waals surface area contributed by atoms with Gasteiger partial charge in [0.2, 0.25) is 5.43 Å². The van der Waals surface area contributed by atoms with Crippen LogP contribution in [-0.4, -0.2) is 20.8 Å². The number of nitrogens with one attached hydrogen (secondary N) is 2. The number of hydrogen-bond donors (Lipinski definition) is 3. The summed E-state index contributed by atoms with van der Waals surface area (Å²) in [5.74, 6) is -0.185. The van der Waals surface area contributed by atoms with Gasteiger partial charge >= 0.3 is 0 Å². The number of aliphatic hydroxyl groups is 1. The molecule has 0 spiro atoms. The lowest BCUT2D eigenvalue weighted by atomic mass is 9.94.